The van der Waals surface area contributed by atoms with Gasteiger partial charge in [0.1, 0.15) is 5.82 Å². The molecule has 1 fully saturated rings. The molecule has 0 aromatic carbocycles. The molecular weight excluding hydrogens is 326 g/mol. The van der Waals surface area contributed by atoms with Crippen LogP contribution in [-0.2, 0) is 7.05 Å². The van der Waals surface area contributed by atoms with Crippen LogP contribution < -0.4 is 10.6 Å². The van der Waals surface area contributed by atoms with Gasteiger partial charge >= 0.3 is 0 Å². The Morgan fingerprint density at radius 1 is 1.25 bits per heavy atom. The lowest BCUT2D eigenvalue weighted by Crippen LogP contribution is -2.43. The molecule has 128 valence electrons. The highest BCUT2D eigenvalue weighted by Crippen LogP contribution is 2.15. The molecule has 3 rings (SSSR count). The molecule has 2 amide bonds. The van der Waals surface area contributed by atoms with Crippen molar-refractivity contribution in [3.05, 3.63) is 34.2 Å². The zero-order chi connectivity index (χ0) is 17.1. The summed E-state index contributed by atoms with van der Waals surface area (Å²) in [7, 11) is 3.79. The van der Waals surface area contributed by atoms with Crippen molar-refractivity contribution in [2.45, 2.75) is 18.9 Å². The molecule has 1 aliphatic rings. The Hall–Kier alpha value is -2.19. The fraction of sp³-hybridized carbons (Fsp3) is 0.438. The van der Waals surface area contributed by atoms with Crippen molar-refractivity contribution in [3.8, 4) is 0 Å². The van der Waals surface area contributed by atoms with Gasteiger partial charge in [-0.3, -0.25) is 14.3 Å². The van der Waals surface area contributed by atoms with E-state index in [1.54, 1.807) is 19.2 Å². The number of nitrogens with zero attached hydrogens (tertiary/aromatic N) is 3. The maximum atomic E-state index is 12.4. The molecule has 7 nitrogen and oxygen atoms in total. The average Bonchev–Trinajstić information content (AvgIpc) is 3.20. The van der Waals surface area contributed by atoms with Gasteiger partial charge in [-0.1, -0.05) is 6.07 Å². The average molecular weight is 347 g/mol. The second kappa shape index (κ2) is 7.14. The Balaban J connectivity index is 1.62. The minimum Gasteiger partial charge on any atom is -0.348 e. The van der Waals surface area contributed by atoms with E-state index in [9.17, 15) is 9.59 Å². The van der Waals surface area contributed by atoms with Crippen LogP contribution in [0.15, 0.2) is 23.6 Å². The number of aryl methyl sites for hydroxylation is 1. The molecule has 0 radical (unpaired) electrons. The lowest BCUT2D eigenvalue weighted by molar-refractivity contribution is 0.0910. The summed E-state index contributed by atoms with van der Waals surface area (Å²) in [5, 5.41) is 11.9. The predicted molar refractivity (Wildman–Crippen MR) is 93.5 cm³/mol. The topological polar surface area (TPSA) is 79.3 Å². The number of amides is 2. The number of rotatable bonds is 4. The fourth-order valence-electron chi connectivity index (χ4n) is 2.69. The molecule has 24 heavy (non-hydrogen) atoms. The van der Waals surface area contributed by atoms with Crippen molar-refractivity contribution >= 4 is 29.0 Å². The molecule has 8 heteroatoms. The molecule has 2 aromatic rings. The van der Waals surface area contributed by atoms with Gasteiger partial charge in [0, 0.05) is 19.2 Å². The summed E-state index contributed by atoms with van der Waals surface area (Å²) in [6.45, 7) is 1.96. The van der Waals surface area contributed by atoms with Crippen molar-refractivity contribution in [2.75, 3.05) is 25.5 Å². The van der Waals surface area contributed by atoms with E-state index in [1.165, 1.54) is 16.0 Å². The zero-order valence-electron chi connectivity index (χ0n) is 13.8. The Morgan fingerprint density at radius 2 is 2.00 bits per heavy atom. The molecular formula is C16H21N5O2S. The fourth-order valence-corrected chi connectivity index (χ4v) is 3.31. The minimum atomic E-state index is -0.199. The molecule has 1 aliphatic heterocycles. The largest absolute Gasteiger partial charge is 0.348 e. The van der Waals surface area contributed by atoms with Gasteiger partial charge in [-0.25, -0.2) is 0 Å². The van der Waals surface area contributed by atoms with Crippen molar-refractivity contribution in [2.24, 2.45) is 7.05 Å². The number of hydrogen-bond acceptors (Lipinski definition) is 5. The number of thiophene rings is 1. The Kier molecular flexibility index (Phi) is 4.96. The molecule has 0 saturated carbocycles. The number of likely N-dealkylation sites (tertiary alicyclic amines) is 1. The van der Waals surface area contributed by atoms with Crippen LogP contribution in [0.1, 0.15) is 33.0 Å². The Morgan fingerprint density at radius 3 is 2.67 bits per heavy atom. The van der Waals surface area contributed by atoms with Crippen LogP contribution in [0.5, 0.6) is 0 Å². The summed E-state index contributed by atoms with van der Waals surface area (Å²) in [5.74, 6) is 0.106. The molecule has 2 aromatic heterocycles. The summed E-state index contributed by atoms with van der Waals surface area (Å²) in [5.41, 5.74) is 0.318. The summed E-state index contributed by atoms with van der Waals surface area (Å²) >= 11 is 1.37. The van der Waals surface area contributed by atoms with Gasteiger partial charge in [-0.2, -0.15) is 5.10 Å². The number of aromatic nitrogens is 2. The van der Waals surface area contributed by atoms with E-state index in [1.807, 2.05) is 11.4 Å². The molecule has 0 atom stereocenters. The number of carbonyl (C=O) groups excluding carboxylic acids is 2. The first-order valence-electron chi connectivity index (χ1n) is 7.91. The van der Waals surface area contributed by atoms with Crippen LogP contribution in [0.3, 0.4) is 0 Å². The zero-order valence-corrected chi connectivity index (χ0v) is 14.6. The number of nitrogens with one attached hydrogen (secondary N) is 2. The lowest BCUT2D eigenvalue weighted by atomic mass is 10.1. The van der Waals surface area contributed by atoms with E-state index in [4.69, 9.17) is 0 Å². The first-order valence-corrected chi connectivity index (χ1v) is 8.79. The van der Waals surface area contributed by atoms with E-state index in [0.29, 0.717) is 16.4 Å². The molecule has 0 spiro atoms. The molecule has 0 aliphatic carbocycles. The van der Waals surface area contributed by atoms with Crippen LogP contribution in [-0.4, -0.2) is 52.7 Å². The predicted octanol–water partition coefficient (Wildman–Crippen LogP) is 1.56. The lowest BCUT2D eigenvalue weighted by Gasteiger charge is -2.29. The van der Waals surface area contributed by atoms with E-state index in [-0.39, 0.29) is 17.9 Å². The first-order chi connectivity index (χ1) is 11.5. The smallest absolute Gasteiger partial charge is 0.272 e. The number of piperidine rings is 1. The van der Waals surface area contributed by atoms with Crippen LogP contribution in [0, 0.1) is 0 Å². The van der Waals surface area contributed by atoms with E-state index < -0.39 is 0 Å². The first kappa shape index (κ1) is 16.7. The minimum absolute atomic E-state index is 0.180. The Labute approximate surface area is 144 Å². The summed E-state index contributed by atoms with van der Waals surface area (Å²) in [4.78, 5) is 27.3. The van der Waals surface area contributed by atoms with Crippen molar-refractivity contribution in [1.29, 1.82) is 0 Å². The van der Waals surface area contributed by atoms with Crippen molar-refractivity contribution in [1.82, 2.24) is 20.0 Å². The maximum Gasteiger partial charge on any atom is 0.272 e. The Bertz CT molecular complexity index is 717. The maximum absolute atomic E-state index is 12.4. The number of carbonyl (C=O) groups is 2. The van der Waals surface area contributed by atoms with Gasteiger partial charge in [-0.05, 0) is 44.4 Å². The van der Waals surface area contributed by atoms with Crippen LogP contribution in [0.25, 0.3) is 0 Å². The standard InChI is InChI=1S/C16H21N5O2S/c1-20-7-5-11(6-8-20)17-15(22)12-10-14(21(2)19-12)18-16(23)13-4-3-9-24-13/h3-4,9-11H,5-8H2,1-2H3,(H,17,22)(H,18,23). The second-order valence-electron chi connectivity index (χ2n) is 6.02. The SMILES string of the molecule is CN1CCC(NC(=O)c2cc(NC(=O)c3cccs3)n(C)n2)CC1. The number of anilines is 1. The van der Waals surface area contributed by atoms with E-state index in [0.717, 1.165) is 25.9 Å². The third-order valence-corrected chi connectivity index (χ3v) is 5.02. The van der Waals surface area contributed by atoms with E-state index >= 15 is 0 Å². The molecule has 3 heterocycles. The van der Waals surface area contributed by atoms with Gasteiger partial charge < -0.3 is 15.5 Å². The van der Waals surface area contributed by atoms with Gasteiger partial charge in [0.15, 0.2) is 5.69 Å². The molecule has 0 bridgehead atoms. The van der Waals surface area contributed by atoms with Gasteiger partial charge in [0.2, 0.25) is 0 Å². The summed E-state index contributed by atoms with van der Waals surface area (Å²) < 4.78 is 1.51. The monoisotopic (exact) mass is 347 g/mol. The highest BCUT2D eigenvalue weighted by Gasteiger charge is 2.21. The van der Waals surface area contributed by atoms with Crippen molar-refractivity contribution in [3.63, 3.8) is 0 Å². The highest BCUT2D eigenvalue weighted by molar-refractivity contribution is 7.12. The molecule has 1 saturated heterocycles. The highest BCUT2D eigenvalue weighted by atomic mass is 32.1. The van der Waals surface area contributed by atoms with Crippen molar-refractivity contribution < 1.29 is 9.59 Å². The van der Waals surface area contributed by atoms with Gasteiger partial charge in [0.25, 0.3) is 11.8 Å². The van der Waals surface area contributed by atoms with E-state index in [2.05, 4.69) is 27.7 Å². The third kappa shape index (κ3) is 3.82. The normalized spacial score (nSPS) is 16.1. The van der Waals surface area contributed by atoms with Crippen LogP contribution >= 0.6 is 11.3 Å². The number of hydrogen-bond donors (Lipinski definition) is 2. The van der Waals surface area contributed by atoms with Gasteiger partial charge in [0.05, 0.1) is 4.88 Å². The van der Waals surface area contributed by atoms with Crippen LogP contribution in [0.4, 0.5) is 5.82 Å². The summed E-state index contributed by atoms with van der Waals surface area (Å²) in [6, 6.07) is 5.36. The molecule has 2 N–H and O–H groups in total. The quantitative estimate of drug-likeness (QED) is 0.880. The molecule has 0 unspecified atom stereocenters. The second-order valence-corrected chi connectivity index (χ2v) is 6.97. The van der Waals surface area contributed by atoms with Gasteiger partial charge in [-0.15, -0.1) is 11.3 Å². The summed E-state index contributed by atoms with van der Waals surface area (Å²) in [6.07, 6.45) is 1.88. The van der Waals surface area contributed by atoms with Crippen LogP contribution in [0.2, 0.25) is 0 Å². The third-order valence-electron chi connectivity index (χ3n) is 4.15.